The van der Waals surface area contributed by atoms with Gasteiger partial charge in [-0.3, -0.25) is 0 Å². The SMILES string of the molecule is CCCC(CCCCCC(C)CC1=CP1C)CC(C)C. The van der Waals surface area contributed by atoms with Crippen molar-refractivity contribution in [1.82, 2.24) is 0 Å². The van der Waals surface area contributed by atoms with Crippen LogP contribution in [0.3, 0.4) is 0 Å². The molecule has 1 heteroatoms. The molecule has 1 heterocycles. The first-order chi connectivity index (χ1) is 9.52. The number of hydrogen-bond acceptors (Lipinski definition) is 0. The van der Waals surface area contributed by atoms with Gasteiger partial charge in [0.05, 0.1) is 0 Å². The molecule has 118 valence electrons. The Kier molecular flexibility index (Phi) is 9.10. The molecule has 0 nitrogen and oxygen atoms in total. The van der Waals surface area contributed by atoms with Gasteiger partial charge in [0.15, 0.2) is 0 Å². The van der Waals surface area contributed by atoms with E-state index >= 15 is 0 Å². The second-order valence-corrected chi connectivity index (χ2v) is 9.52. The molecular formula is C19H37P. The van der Waals surface area contributed by atoms with Crippen molar-refractivity contribution in [3.8, 4) is 0 Å². The van der Waals surface area contributed by atoms with Gasteiger partial charge in [0.25, 0.3) is 0 Å². The van der Waals surface area contributed by atoms with E-state index in [1.54, 1.807) is 5.31 Å². The van der Waals surface area contributed by atoms with E-state index in [9.17, 15) is 0 Å². The van der Waals surface area contributed by atoms with Crippen molar-refractivity contribution in [2.75, 3.05) is 6.66 Å². The summed E-state index contributed by atoms with van der Waals surface area (Å²) in [6.07, 6.45) is 13.0. The van der Waals surface area contributed by atoms with Gasteiger partial charge in [0.1, 0.15) is 0 Å². The molecule has 0 saturated carbocycles. The third kappa shape index (κ3) is 8.46. The van der Waals surface area contributed by atoms with Gasteiger partial charge in [-0.2, -0.15) is 0 Å². The quantitative estimate of drug-likeness (QED) is 0.260. The smallest absolute Gasteiger partial charge is 0.0245 e. The summed E-state index contributed by atoms with van der Waals surface area (Å²) >= 11 is 0. The average molecular weight is 296 g/mol. The van der Waals surface area contributed by atoms with Crippen LogP contribution >= 0.6 is 7.92 Å². The van der Waals surface area contributed by atoms with Gasteiger partial charge in [-0.15, -0.1) is 0 Å². The lowest BCUT2D eigenvalue weighted by Gasteiger charge is -2.18. The molecule has 0 aliphatic carbocycles. The summed E-state index contributed by atoms with van der Waals surface area (Å²) in [7, 11) is 0.282. The predicted molar refractivity (Wildman–Crippen MR) is 95.6 cm³/mol. The van der Waals surface area contributed by atoms with Crippen molar-refractivity contribution in [3.63, 3.8) is 0 Å². The van der Waals surface area contributed by atoms with Gasteiger partial charge < -0.3 is 0 Å². The van der Waals surface area contributed by atoms with Crippen molar-refractivity contribution in [2.24, 2.45) is 17.8 Å². The van der Waals surface area contributed by atoms with Crippen LogP contribution in [0.4, 0.5) is 0 Å². The zero-order valence-electron chi connectivity index (χ0n) is 14.6. The molecule has 3 unspecified atom stereocenters. The van der Waals surface area contributed by atoms with E-state index in [0.717, 1.165) is 17.8 Å². The first-order valence-corrected chi connectivity index (χ1v) is 10.8. The molecule has 1 aliphatic rings. The molecule has 0 spiro atoms. The first kappa shape index (κ1) is 18.2. The summed E-state index contributed by atoms with van der Waals surface area (Å²) in [4.78, 5) is 0. The largest absolute Gasteiger partial charge is 0.0654 e. The van der Waals surface area contributed by atoms with Crippen molar-refractivity contribution < 1.29 is 0 Å². The molecule has 0 amide bonds. The van der Waals surface area contributed by atoms with Crippen LogP contribution in [0, 0.1) is 17.8 Å². The Bertz CT molecular complexity index is 279. The molecule has 0 aromatic heterocycles. The lowest BCUT2D eigenvalue weighted by molar-refractivity contribution is 0.346. The van der Waals surface area contributed by atoms with Crippen LogP contribution in [0.15, 0.2) is 11.1 Å². The molecule has 0 saturated heterocycles. The van der Waals surface area contributed by atoms with E-state index in [1.807, 2.05) is 0 Å². The molecule has 0 bridgehead atoms. The van der Waals surface area contributed by atoms with Crippen molar-refractivity contribution in [2.45, 2.75) is 85.5 Å². The molecule has 0 radical (unpaired) electrons. The Morgan fingerprint density at radius 2 is 1.65 bits per heavy atom. The normalized spacial score (nSPS) is 20.9. The lowest BCUT2D eigenvalue weighted by Crippen LogP contribution is -2.04. The second kappa shape index (κ2) is 9.99. The number of unbranched alkanes of at least 4 members (excludes halogenated alkanes) is 2. The average Bonchev–Trinajstić information content (AvgIpc) is 3.03. The molecule has 20 heavy (non-hydrogen) atoms. The zero-order chi connectivity index (χ0) is 15.0. The number of hydrogen-bond donors (Lipinski definition) is 0. The predicted octanol–water partition coefficient (Wildman–Crippen LogP) is 7.39. The van der Waals surface area contributed by atoms with Crippen LogP contribution in [0.5, 0.6) is 0 Å². The van der Waals surface area contributed by atoms with E-state index in [-0.39, 0.29) is 7.92 Å². The van der Waals surface area contributed by atoms with E-state index in [0.29, 0.717) is 0 Å². The summed E-state index contributed by atoms with van der Waals surface area (Å²) in [5.74, 6) is 5.29. The number of rotatable bonds is 12. The maximum atomic E-state index is 2.49. The Balaban J connectivity index is 2.00. The van der Waals surface area contributed by atoms with Crippen LogP contribution in [-0.2, 0) is 0 Å². The summed E-state index contributed by atoms with van der Waals surface area (Å²) in [6.45, 7) is 11.9. The minimum atomic E-state index is 0.282. The molecule has 0 aromatic carbocycles. The summed E-state index contributed by atoms with van der Waals surface area (Å²) in [6, 6.07) is 0. The standard InChI is InChI=1S/C19H37P/c1-6-10-18(13-16(2)3)12-9-7-8-11-17(4)14-19-15-20(19)5/h15-18H,6-14H2,1-5H3. The van der Waals surface area contributed by atoms with Crippen molar-refractivity contribution in [1.29, 1.82) is 0 Å². The molecule has 3 atom stereocenters. The van der Waals surface area contributed by atoms with Crippen LogP contribution < -0.4 is 0 Å². The molecular weight excluding hydrogens is 259 g/mol. The Hall–Kier alpha value is 0.170. The third-order valence-electron chi connectivity index (χ3n) is 4.60. The van der Waals surface area contributed by atoms with Gasteiger partial charge in [0.2, 0.25) is 0 Å². The van der Waals surface area contributed by atoms with E-state index in [1.165, 1.54) is 57.8 Å². The van der Waals surface area contributed by atoms with Gasteiger partial charge in [-0.1, -0.05) is 86.4 Å². The first-order valence-electron chi connectivity index (χ1n) is 8.96. The molecule has 0 aromatic rings. The van der Waals surface area contributed by atoms with Gasteiger partial charge in [-0.05, 0) is 42.6 Å². The van der Waals surface area contributed by atoms with Crippen LogP contribution in [0.2, 0.25) is 0 Å². The molecule has 1 rings (SSSR count). The maximum Gasteiger partial charge on any atom is -0.0245 e. The minimum Gasteiger partial charge on any atom is -0.0654 e. The van der Waals surface area contributed by atoms with Gasteiger partial charge in [0, 0.05) is 0 Å². The van der Waals surface area contributed by atoms with Gasteiger partial charge in [-0.25, -0.2) is 0 Å². The highest BCUT2D eigenvalue weighted by atomic mass is 31.1. The van der Waals surface area contributed by atoms with Crippen LogP contribution in [0.1, 0.15) is 85.5 Å². The van der Waals surface area contributed by atoms with Crippen LogP contribution in [-0.4, -0.2) is 6.66 Å². The Labute approximate surface area is 129 Å². The second-order valence-electron chi connectivity index (χ2n) is 7.46. The Morgan fingerprint density at radius 3 is 2.20 bits per heavy atom. The highest BCUT2D eigenvalue weighted by molar-refractivity contribution is 7.71. The molecule has 0 N–H and O–H groups in total. The third-order valence-corrected chi connectivity index (χ3v) is 6.24. The monoisotopic (exact) mass is 296 g/mol. The summed E-state index contributed by atoms with van der Waals surface area (Å²) in [5.41, 5.74) is 0. The van der Waals surface area contributed by atoms with Gasteiger partial charge >= 0.3 is 0 Å². The van der Waals surface area contributed by atoms with Crippen molar-refractivity contribution >= 4 is 7.92 Å². The zero-order valence-corrected chi connectivity index (χ0v) is 15.5. The summed E-state index contributed by atoms with van der Waals surface area (Å²) in [5, 5.41) is 1.78. The fourth-order valence-corrected chi connectivity index (χ4v) is 4.85. The minimum absolute atomic E-state index is 0.282. The van der Waals surface area contributed by atoms with E-state index < -0.39 is 0 Å². The van der Waals surface area contributed by atoms with Crippen molar-refractivity contribution in [3.05, 3.63) is 11.1 Å². The maximum absolute atomic E-state index is 2.49. The molecule has 0 fully saturated rings. The fraction of sp³-hybridized carbons (Fsp3) is 0.895. The van der Waals surface area contributed by atoms with Crippen LogP contribution in [0.25, 0.3) is 0 Å². The topological polar surface area (TPSA) is 0 Å². The fourth-order valence-electron chi connectivity index (χ4n) is 3.41. The Morgan fingerprint density at radius 1 is 1.00 bits per heavy atom. The highest BCUT2D eigenvalue weighted by Gasteiger charge is 2.20. The lowest BCUT2D eigenvalue weighted by atomic mass is 9.88. The number of allylic oxidation sites excluding steroid dienone is 1. The summed E-state index contributed by atoms with van der Waals surface area (Å²) < 4.78 is 0. The van der Waals surface area contributed by atoms with E-state index in [2.05, 4.69) is 40.2 Å². The molecule has 1 aliphatic heterocycles. The van der Waals surface area contributed by atoms with E-state index in [4.69, 9.17) is 0 Å². The highest BCUT2D eigenvalue weighted by Crippen LogP contribution is 2.60.